The molecule has 0 fully saturated rings. The summed E-state index contributed by atoms with van der Waals surface area (Å²) in [5, 5.41) is 3.55. The number of halogens is 2. The summed E-state index contributed by atoms with van der Waals surface area (Å²) in [7, 11) is -4.15. The van der Waals surface area contributed by atoms with Crippen LogP contribution in [0.1, 0.15) is 43.9 Å². The van der Waals surface area contributed by atoms with Crippen molar-refractivity contribution in [2.45, 2.75) is 64.6 Å². The summed E-state index contributed by atoms with van der Waals surface area (Å²) in [5.74, 6) is -0.916. The molecule has 0 saturated heterocycles. The number of hydrogen-bond acceptors (Lipinski definition) is 4. The van der Waals surface area contributed by atoms with Crippen LogP contribution in [-0.4, -0.2) is 43.8 Å². The van der Waals surface area contributed by atoms with Gasteiger partial charge in [0.15, 0.2) is 0 Å². The molecule has 1 N–H and O–H groups in total. The molecule has 3 rings (SSSR count). The van der Waals surface area contributed by atoms with Gasteiger partial charge in [-0.2, -0.15) is 0 Å². The number of amides is 2. The lowest BCUT2D eigenvalue weighted by Gasteiger charge is -2.34. The molecule has 0 aromatic heterocycles. The van der Waals surface area contributed by atoms with Crippen molar-refractivity contribution in [1.82, 2.24) is 10.2 Å². The van der Waals surface area contributed by atoms with Crippen LogP contribution in [0.5, 0.6) is 0 Å². The van der Waals surface area contributed by atoms with E-state index in [1.165, 1.54) is 17.0 Å². The molecule has 0 aliphatic rings. The second kappa shape index (κ2) is 13.5. The summed E-state index contributed by atoms with van der Waals surface area (Å²) >= 11 is 12.9. The van der Waals surface area contributed by atoms with Crippen molar-refractivity contribution in [3.8, 4) is 0 Å². The molecule has 0 aliphatic heterocycles. The fraction of sp³-hybridized carbons (Fsp3) is 0.333. The first-order chi connectivity index (χ1) is 18.9. The Balaban J connectivity index is 2.14. The van der Waals surface area contributed by atoms with Gasteiger partial charge in [0.25, 0.3) is 10.0 Å². The number of anilines is 1. The summed E-state index contributed by atoms with van der Waals surface area (Å²) in [5.41, 5.74) is 2.45. The smallest absolute Gasteiger partial charge is 0.264 e. The number of benzene rings is 3. The van der Waals surface area contributed by atoms with Crippen LogP contribution >= 0.6 is 23.2 Å². The Morgan fingerprint density at radius 3 is 2.08 bits per heavy atom. The molecule has 0 saturated carbocycles. The van der Waals surface area contributed by atoms with Crippen molar-refractivity contribution in [2.75, 3.05) is 10.8 Å². The zero-order chi connectivity index (χ0) is 29.6. The summed E-state index contributed by atoms with van der Waals surface area (Å²) in [6.45, 7) is 8.54. The van der Waals surface area contributed by atoms with Crippen LogP contribution in [0.4, 0.5) is 5.69 Å². The van der Waals surface area contributed by atoms with Gasteiger partial charge in [0.2, 0.25) is 11.8 Å². The quantitative estimate of drug-likeness (QED) is 0.285. The maximum atomic E-state index is 14.2. The van der Waals surface area contributed by atoms with E-state index in [2.05, 4.69) is 5.32 Å². The van der Waals surface area contributed by atoms with E-state index in [4.69, 9.17) is 23.2 Å². The minimum Gasteiger partial charge on any atom is -0.352 e. The van der Waals surface area contributed by atoms with Gasteiger partial charge in [-0.05, 0) is 75.6 Å². The summed E-state index contributed by atoms with van der Waals surface area (Å²) in [6, 6.07) is 17.2. The highest BCUT2D eigenvalue weighted by molar-refractivity contribution is 7.92. The zero-order valence-electron chi connectivity index (χ0n) is 23.3. The molecule has 7 nitrogen and oxygen atoms in total. The summed E-state index contributed by atoms with van der Waals surface area (Å²) in [6.07, 6.45) is 0.293. The van der Waals surface area contributed by atoms with Crippen LogP contribution < -0.4 is 9.62 Å². The lowest BCUT2D eigenvalue weighted by molar-refractivity contribution is -0.140. The minimum atomic E-state index is -4.15. The van der Waals surface area contributed by atoms with Gasteiger partial charge in [0.05, 0.1) is 10.6 Å². The molecular weight excluding hydrogens is 569 g/mol. The fourth-order valence-corrected chi connectivity index (χ4v) is 6.40. The molecular formula is C30H35Cl2N3O4S. The van der Waals surface area contributed by atoms with E-state index in [1.807, 2.05) is 33.8 Å². The van der Waals surface area contributed by atoms with Crippen molar-refractivity contribution in [3.63, 3.8) is 0 Å². The number of hydrogen-bond donors (Lipinski definition) is 1. The normalized spacial score (nSPS) is 12.2. The van der Waals surface area contributed by atoms with E-state index >= 15 is 0 Å². The van der Waals surface area contributed by atoms with Gasteiger partial charge in [-0.3, -0.25) is 13.9 Å². The molecule has 3 aromatic carbocycles. The lowest BCUT2D eigenvalue weighted by Crippen LogP contribution is -2.53. The van der Waals surface area contributed by atoms with Gasteiger partial charge >= 0.3 is 0 Å². The van der Waals surface area contributed by atoms with Crippen molar-refractivity contribution < 1.29 is 18.0 Å². The number of nitrogens with one attached hydrogen (secondary N) is 1. The molecule has 2 amide bonds. The molecule has 0 spiro atoms. The van der Waals surface area contributed by atoms with Gasteiger partial charge in [-0.25, -0.2) is 8.42 Å². The van der Waals surface area contributed by atoms with E-state index in [-0.39, 0.29) is 23.4 Å². The third kappa shape index (κ3) is 7.16. The van der Waals surface area contributed by atoms with Gasteiger partial charge in [-0.1, -0.05) is 66.5 Å². The molecule has 1 unspecified atom stereocenters. The molecule has 214 valence electrons. The first-order valence-corrected chi connectivity index (χ1v) is 15.2. The second-order valence-corrected chi connectivity index (χ2v) is 12.5. The number of aryl methyl sites for hydroxylation is 1. The molecule has 0 aliphatic carbocycles. The molecule has 0 bridgehead atoms. The average molecular weight is 605 g/mol. The number of carbonyl (C=O) groups is 2. The van der Waals surface area contributed by atoms with Crippen molar-refractivity contribution in [1.29, 1.82) is 0 Å². The van der Waals surface area contributed by atoms with Crippen LogP contribution in [0.2, 0.25) is 10.0 Å². The minimum absolute atomic E-state index is 0.0500. The Bertz CT molecular complexity index is 1440. The van der Waals surface area contributed by atoms with Crippen LogP contribution in [0, 0.1) is 13.8 Å². The first-order valence-electron chi connectivity index (χ1n) is 13.0. The van der Waals surface area contributed by atoms with Gasteiger partial charge in [-0.15, -0.1) is 0 Å². The molecule has 10 heteroatoms. The highest BCUT2D eigenvalue weighted by Crippen LogP contribution is 2.30. The third-order valence-electron chi connectivity index (χ3n) is 6.66. The zero-order valence-corrected chi connectivity index (χ0v) is 25.6. The number of rotatable bonds is 11. The van der Waals surface area contributed by atoms with Gasteiger partial charge < -0.3 is 10.2 Å². The largest absolute Gasteiger partial charge is 0.352 e. The Labute approximate surface area is 247 Å². The number of sulfonamides is 1. The molecule has 0 heterocycles. The number of carbonyl (C=O) groups excluding carboxylic acids is 2. The SMILES string of the molecule is CCC(C(=O)NC(C)C)N(Cc1c(Cl)cccc1Cl)C(=O)CN(c1cccc(C)c1C)S(=O)(=O)c1ccccc1. The lowest BCUT2D eigenvalue weighted by atomic mass is 10.1. The van der Waals surface area contributed by atoms with Crippen LogP contribution in [-0.2, 0) is 26.2 Å². The van der Waals surface area contributed by atoms with Crippen molar-refractivity contribution in [3.05, 3.63) is 93.5 Å². The molecule has 40 heavy (non-hydrogen) atoms. The topological polar surface area (TPSA) is 86.8 Å². The Kier molecular flexibility index (Phi) is 10.6. The Morgan fingerprint density at radius 1 is 0.900 bits per heavy atom. The first kappa shape index (κ1) is 31.5. The standard InChI is InChI=1S/C30H35Cl2N3O4S/c1-6-27(30(37)33-20(2)3)34(18-24-25(31)15-11-16-26(24)32)29(36)19-35(28-17-10-12-21(4)22(28)5)40(38,39)23-13-8-7-9-14-23/h7-17,20,27H,6,18-19H2,1-5H3,(H,33,37). The maximum absolute atomic E-state index is 14.2. The molecule has 1 atom stereocenters. The number of nitrogens with zero attached hydrogens (tertiary/aromatic N) is 2. The Morgan fingerprint density at radius 2 is 1.50 bits per heavy atom. The van der Waals surface area contributed by atoms with E-state index < -0.39 is 28.5 Å². The van der Waals surface area contributed by atoms with Crippen LogP contribution in [0.15, 0.2) is 71.6 Å². The second-order valence-electron chi connectivity index (χ2n) is 9.85. The monoisotopic (exact) mass is 603 g/mol. The Hall–Kier alpha value is -3.07. The van der Waals surface area contributed by atoms with E-state index in [0.29, 0.717) is 27.7 Å². The van der Waals surface area contributed by atoms with E-state index in [0.717, 1.165) is 15.4 Å². The average Bonchev–Trinajstić information content (AvgIpc) is 2.90. The van der Waals surface area contributed by atoms with E-state index in [9.17, 15) is 18.0 Å². The summed E-state index contributed by atoms with van der Waals surface area (Å²) in [4.78, 5) is 28.8. The van der Waals surface area contributed by atoms with Gasteiger partial charge in [0, 0.05) is 28.2 Å². The predicted molar refractivity (Wildman–Crippen MR) is 161 cm³/mol. The molecule has 0 radical (unpaired) electrons. The highest BCUT2D eigenvalue weighted by Gasteiger charge is 2.35. The highest BCUT2D eigenvalue weighted by atomic mass is 35.5. The maximum Gasteiger partial charge on any atom is 0.264 e. The predicted octanol–water partition coefficient (Wildman–Crippen LogP) is 6.14. The van der Waals surface area contributed by atoms with Crippen molar-refractivity contribution in [2.24, 2.45) is 0 Å². The summed E-state index contributed by atoms with van der Waals surface area (Å²) < 4.78 is 29.1. The fourth-order valence-electron chi connectivity index (χ4n) is 4.39. The van der Waals surface area contributed by atoms with E-state index in [1.54, 1.807) is 55.5 Å². The van der Waals surface area contributed by atoms with Crippen LogP contribution in [0.25, 0.3) is 0 Å². The third-order valence-corrected chi connectivity index (χ3v) is 9.14. The van der Waals surface area contributed by atoms with Crippen molar-refractivity contribution >= 4 is 50.7 Å². The molecule has 3 aromatic rings. The van der Waals surface area contributed by atoms with Gasteiger partial charge in [0.1, 0.15) is 12.6 Å². The van der Waals surface area contributed by atoms with Crippen LogP contribution in [0.3, 0.4) is 0 Å².